The topological polar surface area (TPSA) is 0 Å². The van der Waals surface area contributed by atoms with Crippen molar-refractivity contribution in [3.63, 3.8) is 0 Å². The van der Waals surface area contributed by atoms with Gasteiger partial charge in [-0.25, -0.2) is 0 Å². The van der Waals surface area contributed by atoms with E-state index in [0.29, 0.717) is 0 Å². The second-order valence-corrected chi connectivity index (χ2v) is 3.98. The van der Waals surface area contributed by atoms with Crippen LogP contribution in [0.25, 0.3) is 6.08 Å². The Morgan fingerprint density at radius 1 is 1.33 bits per heavy atom. The zero-order chi connectivity index (χ0) is 8.97. The van der Waals surface area contributed by atoms with E-state index < -0.39 is 0 Å². The molecule has 1 heterocycles. The van der Waals surface area contributed by atoms with E-state index in [1.165, 1.54) is 22.6 Å². The summed E-state index contributed by atoms with van der Waals surface area (Å²) in [5.74, 6) is 0. The van der Waals surface area contributed by atoms with Gasteiger partial charge in [0.05, 0.1) is 0 Å². The second-order valence-electron chi connectivity index (χ2n) is 2.69. The van der Waals surface area contributed by atoms with E-state index in [1.54, 1.807) is 5.56 Å². The summed E-state index contributed by atoms with van der Waals surface area (Å²) in [4.78, 5) is 2.92. The highest BCUT2D eigenvalue weighted by Gasteiger charge is 2.05. The molecule has 0 bridgehead atoms. The van der Waals surface area contributed by atoms with Crippen molar-refractivity contribution in [2.75, 3.05) is 0 Å². The monoisotopic (exact) mass is 180 g/mol. The smallest absolute Gasteiger partial charge is 0.0302 e. The van der Waals surface area contributed by atoms with Gasteiger partial charge in [-0.2, -0.15) is 0 Å². The number of aryl methyl sites for hydroxylation is 2. The number of thiophene rings is 1. The Bertz CT molecular complexity index is 269. The first kappa shape index (κ1) is 9.53. The molecule has 0 spiro atoms. The molecule has 0 radical (unpaired) electrons. The average Bonchev–Trinajstić information content (AvgIpc) is 2.48. The lowest BCUT2D eigenvalue weighted by Gasteiger charge is -2.01. The Balaban J connectivity index is 0.000000336. The molecule has 0 nitrogen and oxygen atoms in total. The van der Waals surface area contributed by atoms with Crippen LogP contribution in [0.5, 0.6) is 0 Å². The lowest BCUT2D eigenvalue weighted by molar-refractivity contribution is 0.995. The van der Waals surface area contributed by atoms with Crippen LogP contribution < -0.4 is 0 Å². The van der Waals surface area contributed by atoms with E-state index in [-0.39, 0.29) is 0 Å². The maximum absolute atomic E-state index is 2.31. The zero-order valence-electron chi connectivity index (χ0n) is 8.05. The van der Waals surface area contributed by atoms with Crippen LogP contribution in [0.1, 0.15) is 35.6 Å². The molecule has 1 aromatic heterocycles. The van der Waals surface area contributed by atoms with Gasteiger partial charge >= 0.3 is 0 Å². The Morgan fingerprint density at radius 2 is 2.08 bits per heavy atom. The van der Waals surface area contributed by atoms with Crippen molar-refractivity contribution in [1.29, 1.82) is 0 Å². The first-order valence-corrected chi connectivity index (χ1v) is 5.44. The number of hydrogen-bond acceptors (Lipinski definition) is 1. The highest BCUT2D eigenvalue weighted by Crippen LogP contribution is 2.27. The largest absolute Gasteiger partial charge is 0.141 e. The van der Waals surface area contributed by atoms with E-state index >= 15 is 0 Å². The predicted octanol–water partition coefficient (Wildman–Crippen LogP) is 4.04. The van der Waals surface area contributed by atoms with Gasteiger partial charge in [-0.15, -0.1) is 11.3 Å². The average molecular weight is 180 g/mol. The molecule has 0 aliphatic heterocycles. The second kappa shape index (κ2) is 4.46. The SMILES string of the molecule is CC.Cc1cc2c(s1)C=CCC2. The number of fused-ring (bicyclic) bond motifs is 1. The molecule has 1 heteroatoms. The molecule has 2 rings (SSSR count). The molecule has 0 aromatic carbocycles. The predicted molar refractivity (Wildman–Crippen MR) is 57.8 cm³/mol. The first-order chi connectivity index (χ1) is 5.86. The van der Waals surface area contributed by atoms with Gasteiger partial charge in [0.1, 0.15) is 0 Å². The fourth-order valence-electron chi connectivity index (χ4n) is 1.35. The Labute approximate surface area is 78.9 Å². The van der Waals surface area contributed by atoms with Crippen molar-refractivity contribution in [2.45, 2.75) is 33.6 Å². The van der Waals surface area contributed by atoms with Gasteiger partial charge in [-0.3, -0.25) is 0 Å². The minimum atomic E-state index is 1.23. The van der Waals surface area contributed by atoms with Gasteiger partial charge in [-0.05, 0) is 37.5 Å². The molecule has 66 valence electrons. The van der Waals surface area contributed by atoms with Crippen molar-refractivity contribution < 1.29 is 0 Å². The highest BCUT2D eigenvalue weighted by molar-refractivity contribution is 7.13. The van der Waals surface area contributed by atoms with Gasteiger partial charge in [0.25, 0.3) is 0 Å². The third kappa shape index (κ3) is 1.98. The van der Waals surface area contributed by atoms with Gasteiger partial charge in [0.2, 0.25) is 0 Å². The molecule has 0 amide bonds. The summed E-state index contributed by atoms with van der Waals surface area (Å²) < 4.78 is 0. The molecular formula is C11H16S. The third-order valence-corrected chi connectivity index (χ3v) is 2.87. The summed E-state index contributed by atoms with van der Waals surface area (Å²) in [7, 11) is 0. The molecule has 0 N–H and O–H groups in total. The van der Waals surface area contributed by atoms with Crippen LogP contribution in [0.15, 0.2) is 12.1 Å². The van der Waals surface area contributed by atoms with Gasteiger partial charge in [0, 0.05) is 9.75 Å². The van der Waals surface area contributed by atoms with Crippen molar-refractivity contribution in [2.24, 2.45) is 0 Å². The summed E-state index contributed by atoms with van der Waals surface area (Å²) in [6.45, 7) is 6.18. The molecule has 0 atom stereocenters. The van der Waals surface area contributed by atoms with Gasteiger partial charge < -0.3 is 0 Å². The molecule has 1 aliphatic carbocycles. The first-order valence-electron chi connectivity index (χ1n) is 4.62. The minimum absolute atomic E-state index is 1.23. The van der Waals surface area contributed by atoms with Crippen molar-refractivity contribution >= 4 is 17.4 Å². The van der Waals surface area contributed by atoms with E-state index in [9.17, 15) is 0 Å². The van der Waals surface area contributed by atoms with E-state index in [4.69, 9.17) is 0 Å². The van der Waals surface area contributed by atoms with Gasteiger partial charge in [-0.1, -0.05) is 19.9 Å². The Morgan fingerprint density at radius 3 is 2.75 bits per heavy atom. The highest BCUT2D eigenvalue weighted by atomic mass is 32.1. The summed E-state index contributed by atoms with van der Waals surface area (Å²) in [6.07, 6.45) is 6.98. The molecule has 0 unspecified atom stereocenters. The van der Waals surface area contributed by atoms with E-state index in [0.717, 1.165) is 0 Å². The lowest BCUT2D eigenvalue weighted by atomic mass is 10.1. The molecule has 0 saturated carbocycles. The van der Waals surface area contributed by atoms with Crippen LogP contribution in [0.2, 0.25) is 0 Å². The quantitative estimate of drug-likeness (QED) is 0.565. The third-order valence-electron chi connectivity index (χ3n) is 1.81. The molecular weight excluding hydrogens is 164 g/mol. The number of allylic oxidation sites excluding steroid dienone is 1. The van der Waals surface area contributed by atoms with Crippen molar-refractivity contribution in [3.8, 4) is 0 Å². The maximum Gasteiger partial charge on any atom is 0.0302 e. The number of rotatable bonds is 0. The van der Waals surface area contributed by atoms with Crippen LogP contribution in [-0.4, -0.2) is 0 Å². The zero-order valence-corrected chi connectivity index (χ0v) is 8.87. The maximum atomic E-state index is 2.31. The molecule has 0 fully saturated rings. The van der Waals surface area contributed by atoms with Crippen molar-refractivity contribution in [3.05, 3.63) is 27.5 Å². The summed E-state index contributed by atoms with van der Waals surface area (Å²) >= 11 is 1.90. The molecule has 0 saturated heterocycles. The van der Waals surface area contributed by atoms with Crippen LogP contribution in [-0.2, 0) is 6.42 Å². The van der Waals surface area contributed by atoms with Crippen LogP contribution >= 0.6 is 11.3 Å². The van der Waals surface area contributed by atoms with Crippen LogP contribution in [0.4, 0.5) is 0 Å². The van der Waals surface area contributed by atoms with Crippen LogP contribution in [0.3, 0.4) is 0 Å². The normalized spacial score (nSPS) is 13.2. The van der Waals surface area contributed by atoms with Crippen LogP contribution in [0, 0.1) is 6.92 Å². The van der Waals surface area contributed by atoms with Gasteiger partial charge in [0.15, 0.2) is 0 Å². The molecule has 1 aromatic rings. The molecule has 1 aliphatic rings. The van der Waals surface area contributed by atoms with E-state index in [1.807, 2.05) is 25.2 Å². The molecule has 12 heavy (non-hydrogen) atoms. The fourth-order valence-corrected chi connectivity index (χ4v) is 2.35. The minimum Gasteiger partial charge on any atom is -0.141 e. The van der Waals surface area contributed by atoms with E-state index in [2.05, 4.69) is 25.1 Å². The fraction of sp³-hybridized carbons (Fsp3) is 0.455. The summed E-state index contributed by atoms with van der Waals surface area (Å²) in [5, 5.41) is 0. The van der Waals surface area contributed by atoms with Crippen molar-refractivity contribution in [1.82, 2.24) is 0 Å². The summed E-state index contributed by atoms with van der Waals surface area (Å²) in [5.41, 5.74) is 1.55. The summed E-state index contributed by atoms with van der Waals surface area (Å²) in [6, 6.07) is 2.31. The number of hydrogen-bond donors (Lipinski definition) is 0. The Kier molecular flexibility index (Phi) is 3.54. The lowest BCUT2D eigenvalue weighted by Crippen LogP contribution is -1.86. The standard InChI is InChI=1S/C9H10S.C2H6/c1-7-6-8-4-2-3-5-9(8)10-7;1-2/h3,5-6H,2,4H2,1H3;1-2H3. The Hall–Kier alpha value is -0.560.